The van der Waals surface area contributed by atoms with Gasteiger partial charge in [-0.2, -0.15) is 5.26 Å². The average molecular weight is 302 g/mol. The van der Waals surface area contributed by atoms with Crippen LogP contribution in [0, 0.1) is 11.3 Å². The van der Waals surface area contributed by atoms with Crippen LogP contribution in [0.2, 0.25) is 0 Å². The first-order valence-corrected chi connectivity index (χ1v) is 7.73. The Hall–Kier alpha value is -2.00. The summed E-state index contributed by atoms with van der Waals surface area (Å²) in [5.41, 5.74) is 1.04. The summed E-state index contributed by atoms with van der Waals surface area (Å²) in [4.78, 5) is 25.5. The van der Waals surface area contributed by atoms with Gasteiger partial charge in [0.05, 0.1) is 0 Å². The highest BCUT2D eigenvalue weighted by Gasteiger charge is 2.57. The van der Waals surface area contributed by atoms with Gasteiger partial charge in [0.15, 0.2) is 6.61 Å². The molecule has 1 aromatic rings. The van der Waals surface area contributed by atoms with E-state index in [0.29, 0.717) is 18.6 Å². The molecule has 3 rings (SSSR count). The Morgan fingerprint density at radius 3 is 2.95 bits per heavy atom. The van der Waals surface area contributed by atoms with Gasteiger partial charge in [-0.25, -0.2) is 4.79 Å². The number of carbonyl (C=O) groups is 2. The van der Waals surface area contributed by atoms with Crippen LogP contribution < -0.4 is 0 Å². The van der Waals surface area contributed by atoms with E-state index >= 15 is 0 Å². The van der Waals surface area contributed by atoms with Gasteiger partial charge in [-0.1, -0.05) is 30.3 Å². The van der Waals surface area contributed by atoms with Crippen molar-refractivity contribution >= 4 is 23.6 Å². The maximum Gasteiger partial charge on any atom is 0.330 e. The average Bonchev–Trinajstić information content (AvgIpc) is 3.06. The quantitative estimate of drug-likeness (QED) is 0.794. The lowest BCUT2D eigenvalue weighted by Gasteiger charge is -2.33. The van der Waals surface area contributed by atoms with Crippen molar-refractivity contribution in [3.8, 4) is 6.07 Å². The lowest BCUT2D eigenvalue weighted by molar-refractivity contribution is -0.152. The van der Waals surface area contributed by atoms with E-state index < -0.39 is 16.9 Å². The summed E-state index contributed by atoms with van der Waals surface area (Å²) in [6.45, 7) is -0.277. The number of fused-ring (bicyclic) bond motifs is 1. The summed E-state index contributed by atoms with van der Waals surface area (Å²) in [5.74, 6) is -0.00915. The maximum absolute atomic E-state index is 12.3. The first-order chi connectivity index (χ1) is 10.2. The number of carbonyl (C=O) groups excluding carboxylic acids is 2. The van der Waals surface area contributed by atoms with Gasteiger partial charge in [0, 0.05) is 12.2 Å². The second-order valence-corrected chi connectivity index (χ2v) is 6.30. The van der Waals surface area contributed by atoms with Crippen molar-refractivity contribution in [3.05, 3.63) is 35.9 Å². The Kier molecular flexibility index (Phi) is 3.60. The van der Waals surface area contributed by atoms with Crippen molar-refractivity contribution in [3.63, 3.8) is 0 Å². The van der Waals surface area contributed by atoms with E-state index in [1.54, 1.807) is 22.7 Å². The molecule has 0 spiro atoms. The summed E-state index contributed by atoms with van der Waals surface area (Å²) in [6, 6.07) is 11.0. The van der Waals surface area contributed by atoms with Gasteiger partial charge in [-0.3, -0.25) is 4.79 Å². The van der Waals surface area contributed by atoms with E-state index in [2.05, 4.69) is 0 Å². The number of hydrogen-bond donors (Lipinski definition) is 0. The number of nitrogens with zero attached hydrogens (tertiary/aromatic N) is 2. The topological polar surface area (TPSA) is 70.4 Å². The first-order valence-electron chi connectivity index (χ1n) is 6.74. The molecule has 1 aromatic carbocycles. The van der Waals surface area contributed by atoms with Crippen LogP contribution in [0.1, 0.15) is 18.4 Å². The molecule has 0 aliphatic carbocycles. The summed E-state index contributed by atoms with van der Waals surface area (Å²) in [6.07, 6.45) is 1.13. The van der Waals surface area contributed by atoms with Crippen LogP contribution in [0.3, 0.4) is 0 Å². The van der Waals surface area contributed by atoms with E-state index in [-0.39, 0.29) is 12.5 Å². The van der Waals surface area contributed by atoms with Crippen molar-refractivity contribution in [2.24, 2.45) is 0 Å². The van der Waals surface area contributed by atoms with Gasteiger partial charge in [0.2, 0.25) is 5.91 Å². The van der Waals surface area contributed by atoms with Crippen LogP contribution in [-0.4, -0.2) is 35.2 Å². The molecule has 0 bridgehead atoms. The molecule has 2 atom stereocenters. The van der Waals surface area contributed by atoms with Crippen LogP contribution in [-0.2, 0) is 19.2 Å². The van der Waals surface area contributed by atoms with Crippen molar-refractivity contribution in [1.82, 2.24) is 4.90 Å². The van der Waals surface area contributed by atoms with E-state index in [1.807, 2.05) is 30.3 Å². The number of amides is 1. The second kappa shape index (κ2) is 5.41. The van der Waals surface area contributed by atoms with E-state index in [0.717, 1.165) is 5.56 Å². The Morgan fingerprint density at radius 2 is 2.24 bits per heavy atom. The smallest absolute Gasteiger partial charge is 0.330 e. The summed E-state index contributed by atoms with van der Waals surface area (Å²) < 4.78 is 4.91. The van der Waals surface area contributed by atoms with Crippen molar-refractivity contribution in [2.45, 2.75) is 23.8 Å². The number of esters is 1. The molecule has 2 saturated heterocycles. The number of hydrogen-bond acceptors (Lipinski definition) is 5. The molecule has 108 valence electrons. The SMILES string of the molecule is N#CCOC(=O)[C@H]1CS[C@@]2(c3ccccc3)CCC(=O)N12. The zero-order valence-corrected chi connectivity index (χ0v) is 12.1. The van der Waals surface area contributed by atoms with E-state index in [4.69, 9.17) is 10.00 Å². The van der Waals surface area contributed by atoms with Gasteiger partial charge < -0.3 is 9.64 Å². The molecule has 0 saturated carbocycles. The Labute approximate surface area is 126 Å². The molecule has 2 fully saturated rings. The monoisotopic (exact) mass is 302 g/mol. The normalized spacial score (nSPS) is 27.3. The highest BCUT2D eigenvalue weighted by atomic mass is 32.2. The number of thioether (sulfide) groups is 1. The molecular formula is C15H14N2O3S. The van der Waals surface area contributed by atoms with Crippen LogP contribution in [0.25, 0.3) is 0 Å². The minimum Gasteiger partial charge on any atom is -0.449 e. The maximum atomic E-state index is 12.3. The van der Waals surface area contributed by atoms with Crippen molar-refractivity contribution in [2.75, 3.05) is 12.4 Å². The molecule has 0 aromatic heterocycles. The number of nitriles is 1. The standard InChI is InChI=1S/C15H14N2O3S/c16-8-9-20-14(19)12-10-21-15(7-6-13(18)17(12)15)11-4-2-1-3-5-11/h1-5,12H,6-7,9-10H2/t12-,15-/m1/s1. The lowest BCUT2D eigenvalue weighted by Crippen LogP contribution is -2.46. The molecule has 21 heavy (non-hydrogen) atoms. The van der Waals surface area contributed by atoms with Gasteiger partial charge in [-0.05, 0) is 12.0 Å². The minimum absolute atomic E-state index is 0.0252. The summed E-state index contributed by atoms with van der Waals surface area (Å²) in [7, 11) is 0. The van der Waals surface area contributed by atoms with E-state index in [9.17, 15) is 9.59 Å². The van der Waals surface area contributed by atoms with Crippen molar-refractivity contribution < 1.29 is 14.3 Å². The molecule has 0 unspecified atom stereocenters. The van der Waals surface area contributed by atoms with Gasteiger partial charge in [0.25, 0.3) is 0 Å². The zero-order valence-electron chi connectivity index (χ0n) is 11.3. The predicted molar refractivity (Wildman–Crippen MR) is 77.0 cm³/mol. The highest BCUT2D eigenvalue weighted by Crippen LogP contribution is 2.54. The highest BCUT2D eigenvalue weighted by molar-refractivity contribution is 8.00. The molecule has 1 amide bonds. The molecule has 2 aliphatic rings. The Bertz CT molecular complexity index is 613. The number of rotatable bonds is 3. The van der Waals surface area contributed by atoms with Gasteiger partial charge >= 0.3 is 5.97 Å². The third-order valence-electron chi connectivity index (χ3n) is 3.90. The molecule has 6 heteroatoms. The van der Waals surface area contributed by atoms with Crippen LogP contribution >= 0.6 is 11.8 Å². The Morgan fingerprint density at radius 1 is 1.48 bits per heavy atom. The Balaban J connectivity index is 1.92. The van der Waals surface area contributed by atoms with Crippen LogP contribution in [0.15, 0.2) is 30.3 Å². The first kappa shape index (κ1) is 14.0. The number of benzene rings is 1. The molecule has 5 nitrogen and oxygen atoms in total. The third kappa shape index (κ3) is 2.18. The van der Waals surface area contributed by atoms with Crippen molar-refractivity contribution in [1.29, 1.82) is 5.26 Å². The molecule has 2 heterocycles. The summed E-state index contributed by atoms with van der Waals surface area (Å²) >= 11 is 1.61. The van der Waals surface area contributed by atoms with Gasteiger partial charge in [-0.15, -0.1) is 11.8 Å². The second-order valence-electron chi connectivity index (χ2n) is 5.01. The molecule has 0 N–H and O–H groups in total. The van der Waals surface area contributed by atoms with Crippen LogP contribution in [0.5, 0.6) is 0 Å². The summed E-state index contributed by atoms with van der Waals surface area (Å²) in [5, 5.41) is 8.51. The zero-order chi connectivity index (χ0) is 14.9. The molecule has 0 radical (unpaired) electrons. The van der Waals surface area contributed by atoms with Gasteiger partial charge in [0.1, 0.15) is 17.0 Å². The fourth-order valence-corrected chi connectivity index (χ4v) is 4.65. The fraction of sp³-hybridized carbons (Fsp3) is 0.400. The molecule has 2 aliphatic heterocycles. The lowest BCUT2D eigenvalue weighted by atomic mass is 10.0. The largest absolute Gasteiger partial charge is 0.449 e. The van der Waals surface area contributed by atoms with E-state index in [1.165, 1.54) is 0 Å². The number of ether oxygens (including phenoxy) is 1. The predicted octanol–water partition coefficient (Wildman–Crippen LogP) is 1.64. The fourth-order valence-electron chi connectivity index (χ4n) is 3.02. The minimum atomic E-state index is -0.599. The third-order valence-corrected chi connectivity index (χ3v) is 5.50. The van der Waals surface area contributed by atoms with Crippen LogP contribution in [0.4, 0.5) is 0 Å². The molecular weight excluding hydrogens is 288 g/mol.